The predicted octanol–water partition coefficient (Wildman–Crippen LogP) is 3.42. The normalized spacial score (nSPS) is 15.4. The highest BCUT2D eigenvalue weighted by molar-refractivity contribution is 6.32. The minimum absolute atomic E-state index is 0.0417. The van der Waals surface area contributed by atoms with Gasteiger partial charge >= 0.3 is 0 Å². The van der Waals surface area contributed by atoms with Gasteiger partial charge in [-0.25, -0.2) is 9.07 Å². The van der Waals surface area contributed by atoms with E-state index in [9.17, 15) is 19.2 Å². The number of nitriles is 1. The number of halogens is 2. The minimum atomic E-state index is -0.983. The number of nitrogens with zero attached hydrogens (tertiary/aromatic N) is 4. The fourth-order valence-corrected chi connectivity index (χ4v) is 3.80. The van der Waals surface area contributed by atoms with Crippen molar-refractivity contribution in [3.8, 4) is 11.8 Å². The number of nitrogens with one attached hydrogen (secondary N) is 1. The second-order valence-corrected chi connectivity index (χ2v) is 7.69. The fourth-order valence-electron chi connectivity index (χ4n) is 3.54. The first kappa shape index (κ1) is 21.3. The van der Waals surface area contributed by atoms with E-state index in [0.717, 1.165) is 0 Å². The molecule has 1 saturated heterocycles. The van der Waals surface area contributed by atoms with Gasteiger partial charge in [-0.05, 0) is 42.8 Å². The van der Waals surface area contributed by atoms with Crippen LogP contribution in [0.15, 0.2) is 48.7 Å². The maximum Gasteiger partial charge on any atom is 0.271 e. The summed E-state index contributed by atoms with van der Waals surface area (Å²) < 4.78 is 14.7. The van der Waals surface area contributed by atoms with Gasteiger partial charge in [0, 0.05) is 17.8 Å². The van der Waals surface area contributed by atoms with Gasteiger partial charge in [-0.3, -0.25) is 9.59 Å². The Labute approximate surface area is 188 Å². The van der Waals surface area contributed by atoms with E-state index in [2.05, 4.69) is 10.4 Å². The Bertz CT molecular complexity index is 1230. The number of likely N-dealkylation sites (tertiary alicyclic amines) is 1. The number of para-hydroxylation sites is 1. The zero-order valence-electron chi connectivity index (χ0n) is 16.8. The smallest absolute Gasteiger partial charge is 0.271 e. The Morgan fingerprint density at radius 2 is 2.00 bits per heavy atom. The molecule has 2 heterocycles. The zero-order valence-corrected chi connectivity index (χ0v) is 17.5. The molecule has 1 fully saturated rings. The zero-order chi connectivity index (χ0) is 22.8. The van der Waals surface area contributed by atoms with Crippen LogP contribution in [0.4, 0.5) is 15.8 Å². The molecular formula is C22H18ClFN6O2. The number of carbonyl (C=O) groups excluding carboxylic acids is 2. The average Bonchev–Trinajstić information content (AvgIpc) is 3.40. The molecule has 10 heteroatoms. The number of hydrogen-bond donors (Lipinski definition) is 2. The molecule has 2 amide bonds. The van der Waals surface area contributed by atoms with Gasteiger partial charge in [0.15, 0.2) is 5.69 Å². The number of rotatable bonds is 5. The van der Waals surface area contributed by atoms with Crippen molar-refractivity contribution in [1.29, 1.82) is 5.26 Å². The quantitative estimate of drug-likeness (QED) is 0.615. The van der Waals surface area contributed by atoms with Crippen molar-refractivity contribution in [2.75, 3.05) is 18.4 Å². The predicted molar refractivity (Wildman–Crippen MR) is 117 cm³/mol. The topological polar surface area (TPSA) is 117 Å². The van der Waals surface area contributed by atoms with Crippen molar-refractivity contribution in [1.82, 2.24) is 14.7 Å². The van der Waals surface area contributed by atoms with Crippen LogP contribution in [0, 0.1) is 11.3 Å². The lowest BCUT2D eigenvalue weighted by Crippen LogP contribution is -2.28. The first-order valence-electron chi connectivity index (χ1n) is 9.76. The van der Waals surface area contributed by atoms with Crippen molar-refractivity contribution >= 4 is 34.8 Å². The number of carbonyl (C=O) groups is 2. The highest BCUT2D eigenvalue weighted by Gasteiger charge is 2.26. The van der Waals surface area contributed by atoms with E-state index in [1.54, 1.807) is 42.5 Å². The van der Waals surface area contributed by atoms with Crippen molar-refractivity contribution in [3.05, 3.63) is 70.5 Å². The molecule has 8 nitrogen and oxygen atoms in total. The van der Waals surface area contributed by atoms with Crippen molar-refractivity contribution in [2.45, 2.75) is 12.6 Å². The summed E-state index contributed by atoms with van der Waals surface area (Å²) in [6.07, 6.45) is 0.875. The van der Waals surface area contributed by atoms with Crippen LogP contribution >= 0.6 is 11.6 Å². The molecule has 1 atom stereocenters. The summed E-state index contributed by atoms with van der Waals surface area (Å²) in [4.78, 5) is 25.9. The molecule has 2 aromatic carbocycles. The van der Waals surface area contributed by atoms with Gasteiger partial charge in [-0.1, -0.05) is 17.7 Å². The Balaban J connectivity index is 1.60. The Morgan fingerprint density at radius 3 is 2.62 bits per heavy atom. The Morgan fingerprint density at radius 1 is 1.25 bits per heavy atom. The minimum Gasteiger partial charge on any atom is -0.364 e. The molecule has 0 saturated carbocycles. The molecular weight excluding hydrogens is 435 g/mol. The van der Waals surface area contributed by atoms with Crippen LogP contribution in [0.2, 0.25) is 5.02 Å². The molecule has 1 aromatic heterocycles. The number of benzene rings is 2. The number of primary amides is 1. The van der Waals surface area contributed by atoms with E-state index in [-0.39, 0.29) is 28.7 Å². The molecule has 0 radical (unpaired) electrons. The third-order valence-electron chi connectivity index (χ3n) is 5.11. The molecule has 0 aliphatic carbocycles. The third-order valence-corrected chi connectivity index (χ3v) is 5.42. The summed E-state index contributed by atoms with van der Waals surface area (Å²) in [7, 11) is 0. The van der Waals surface area contributed by atoms with Crippen LogP contribution in [0.25, 0.3) is 5.69 Å². The SMILES string of the molecule is N#Cc1cccc(Cl)c1-n1cc(Nc2ccc(C(=O)N3CC[C@@H](F)C3)cc2)c(C(N)=O)n1. The van der Waals surface area contributed by atoms with Crippen LogP contribution < -0.4 is 11.1 Å². The van der Waals surface area contributed by atoms with Gasteiger partial charge in [-0.15, -0.1) is 0 Å². The second kappa shape index (κ2) is 8.69. The van der Waals surface area contributed by atoms with Gasteiger partial charge in [0.05, 0.1) is 29.0 Å². The Hall–Kier alpha value is -3.90. The highest BCUT2D eigenvalue weighted by atomic mass is 35.5. The summed E-state index contributed by atoms with van der Waals surface area (Å²) in [6.45, 7) is 0.501. The summed E-state index contributed by atoms with van der Waals surface area (Å²) >= 11 is 6.25. The molecule has 4 rings (SSSR count). The molecule has 0 unspecified atom stereocenters. The van der Waals surface area contributed by atoms with Crippen LogP contribution in [0.3, 0.4) is 0 Å². The molecule has 3 aromatic rings. The molecule has 162 valence electrons. The van der Waals surface area contributed by atoms with Gasteiger partial charge in [0.25, 0.3) is 11.8 Å². The largest absolute Gasteiger partial charge is 0.364 e. The number of amides is 2. The van der Waals surface area contributed by atoms with E-state index in [4.69, 9.17) is 17.3 Å². The number of hydrogen-bond acceptors (Lipinski definition) is 5. The first-order chi connectivity index (χ1) is 15.4. The lowest BCUT2D eigenvalue weighted by molar-refractivity contribution is 0.0782. The van der Waals surface area contributed by atoms with Crippen LogP contribution in [0.1, 0.15) is 32.8 Å². The number of nitrogens with two attached hydrogens (primary N) is 1. The molecule has 0 bridgehead atoms. The number of aromatic nitrogens is 2. The lowest BCUT2D eigenvalue weighted by atomic mass is 10.1. The van der Waals surface area contributed by atoms with Crippen LogP contribution in [-0.2, 0) is 0 Å². The molecule has 32 heavy (non-hydrogen) atoms. The third kappa shape index (κ3) is 4.13. The van der Waals surface area contributed by atoms with E-state index in [1.165, 1.54) is 15.8 Å². The van der Waals surface area contributed by atoms with E-state index in [0.29, 0.717) is 35.6 Å². The highest BCUT2D eigenvalue weighted by Crippen LogP contribution is 2.28. The maximum atomic E-state index is 13.4. The van der Waals surface area contributed by atoms with Crippen molar-refractivity contribution < 1.29 is 14.0 Å². The van der Waals surface area contributed by atoms with Crippen LogP contribution in [0.5, 0.6) is 0 Å². The van der Waals surface area contributed by atoms with Crippen molar-refractivity contribution in [2.24, 2.45) is 5.73 Å². The maximum absolute atomic E-state index is 13.4. The number of anilines is 2. The van der Waals surface area contributed by atoms with E-state index in [1.807, 2.05) is 6.07 Å². The first-order valence-corrected chi connectivity index (χ1v) is 10.1. The van der Waals surface area contributed by atoms with Gasteiger partial charge < -0.3 is 16.0 Å². The van der Waals surface area contributed by atoms with Crippen molar-refractivity contribution in [3.63, 3.8) is 0 Å². The summed E-state index contributed by atoms with van der Waals surface area (Å²) in [5, 5.41) is 16.9. The fraction of sp³-hybridized carbons (Fsp3) is 0.182. The number of alkyl halides is 1. The van der Waals surface area contributed by atoms with E-state index >= 15 is 0 Å². The average molecular weight is 453 g/mol. The monoisotopic (exact) mass is 452 g/mol. The van der Waals surface area contributed by atoms with Gasteiger partial charge in [0.1, 0.15) is 17.9 Å². The summed E-state index contributed by atoms with van der Waals surface area (Å²) in [6, 6.07) is 13.4. The Kier molecular flexibility index (Phi) is 5.79. The molecule has 0 spiro atoms. The second-order valence-electron chi connectivity index (χ2n) is 7.29. The molecule has 1 aliphatic rings. The molecule has 1 aliphatic heterocycles. The van der Waals surface area contributed by atoms with E-state index < -0.39 is 12.1 Å². The lowest BCUT2D eigenvalue weighted by Gasteiger charge is -2.15. The van der Waals surface area contributed by atoms with Gasteiger partial charge in [-0.2, -0.15) is 10.4 Å². The summed E-state index contributed by atoms with van der Waals surface area (Å²) in [5.41, 5.74) is 7.36. The van der Waals surface area contributed by atoms with Gasteiger partial charge in [0.2, 0.25) is 0 Å². The van der Waals surface area contributed by atoms with Crippen LogP contribution in [-0.4, -0.2) is 45.8 Å². The molecule has 3 N–H and O–H groups in total. The standard InChI is InChI=1S/C22H18ClFN6O2/c23-17-3-1-2-14(10-25)20(17)30-12-18(19(28-30)21(26)31)27-16-6-4-13(5-7-16)22(32)29-9-8-15(24)11-29/h1-7,12,15,27H,8-9,11H2,(H2,26,31)/t15-/m1/s1. The summed E-state index contributed by atoms with van der Waals surface area (Å²) in [5.74, 6) is -0.997.